The van der Waals surface area contributed by atoms with Gasteiger partial charge < -0.3 is 9.47 Å². The van der Waals surface area contributed by atoms with Gasteiger partial charge in [-0.15, -0.1) is 0 Å². The smallest absolute Gasteiger partial charge is 0.338 e. The van der Waals surface area contributed by atoms with Gasteiger partial charge in [0.05, 0.1) is 16.5 Å². The number of carbonyl (C=O) groups is 2. The Labute approximate surface area is 192 Å². The molecule has 5 rings (SSSR count). The van der Waals surface area contributed by atoms with E-state index in [0.717, 1.165) is 22.3 Å². The van der Waals surface area contributed by atoms with Gasteiger partial charge in [-0.05, 0) is 46.5 Å². The van der Waals surface area contributed by atoms with E-state index >= 15 is 0 Å². The van der Waals surface area contributed by atoms with Crippen LogP contribution in [0.4, 0.5) is 0 Å². The van der Waals surface area contributed by atoms with Crippen LogP contribution < -0.4 is 0 Å². The van der Waals surface area contributed by atoms with Crippen molar-refractivity contribution in [3.63, 3.8) is 0 Å². The Balaban J connectivity index is 1.51. The highest BCUT2D eigenvalue weighted by Crippen LogP contribution is 2.49. The molecule has 0 bridgehead atoms. The Kier molecular flexibility index (Phi) is 5.49. The van der Waals surface area contributed by atoms with Gasteiger partial charge in [0, 0.05) is 0 Å². The highest BCUT2D eigenvalue weighted by molar-refractivity contribution is 5.90. The van der Waals surface area contributed by atoms with Crippen molar-refractivity contribution < 1.29 is 19.1 Å². The van der Waals surface area contributed by atoms with Crippen molar-refractivity contribution in [2.45, 2.75) is 5.41 Å². The number of carbonyl (C=O) groups excluding carboxylic acids is 2. The molecule has 0 unspecified atom stereocenters. The van der Waals surface area contributed by atoms with Crippen molar-refractivity contribution in [3.8, 4) is 11.1 Å². The van der Waals surface area contributed by atoms with Gasteiger partial charge in [-0.2, -0.15) is 0 Å². The molecule has 0 aromatic heterocycles. The summed E-state index contributed by atoms with van der Waals surface area (Å²) >= 11 is 0. The maximum absolute atomic E-state index is 12.8. The molecule has 4 aromatic rings. The summed E-state index contributed by atoms with van der Waals surface area (Å²) < 4.78 is 11.7. The van der Waals surface area contributed by atoms with Crippen LogP contribution in [-0.4, -0.2) is 25.2 Å². The molecule has 0 aliphatic heterocycles. The maximum atomic E-state index is 12.8. The molecule has 33 heavy (non-hydrogen) atoms. The third-order valence-corrected chi connectivity index (χ3v) is 6.09. The first-order valence-electron chi connectivity index (χ1n) is 10.8. The zero-order chi connectivity index (χ0) is 22.7. The van der Waals surface area contributed by atoms with Crippen molar-refractivity contribution in [1.29, 1.82) is 0 Å². The topological polar surface area (TPSA) is 52.6 Å². The molecule has 0 radical (unpaired) electrons. The standard InChI is InChI=1S/C29H22O4/c30-27(21-11-3-1-4-12-21)32-19-29(20-33-28(31)22-13-5-2-6-14-22)25-17-9-7-15-23(25)24-16-8-10-18-26(24)29/h1-18H,19-20H2. The summed E-state index contributed by atoms with van der Waals surface area (Å²) in [6.07, 6.45) is 0. The first-order chi connectivity index (χ1) is 16.2. The SMILES string of the molecule is O=C(OCC1(COC(=O)c2ccccc2)c2ccccc2-c2ccccc21)c1ccccc1. The summed E-state index contributed by atoms with van der Waals surface area (Å²) in [5.74, 6) is -0.822. The third-order valence-electron chi connectivity index (χ3n) is 6.09. The summed E-state index contributed by atoms with van der Waals surface area (Å²) in [5, 5.41) is 0. The molecule has 0 heterocycles. The Morgan fingerprint density at radius 2 is 0.879 bits per heavy atom. The van der Waals surface area contributed by atoms with Crippen LogP contribution in [0.1, 0.15) is 31.8 Å². The monoisotopic (exact) mass is 434 g/mol. The van der Waals surface area contributed by atoms with Crippen LogP contribution >= 0.6 is 0 Å². The van der Waals surface area contributed by atoms with Gasteiger partial charge in [-0.25, -0.2) is 9.59 Å². The zero-order valence-electron chi connectivity index (χ0n) is 17.9. The van der Waals surface area contributed by atoms with Crippen LogP contribution in [0.15, 0.2) is 109 Å². The third kappa shape index (κ3) is 3.80. The molecular formula is C29H22O4. The molecule has 1 aliphatic rings. The minimum Gasteiger partial charge on any atom is -0.461 e. The minimum absolute atomic E-state index is 0.0524. The average Bonchev–Trinajstić information content (AvgIpc) is 3.17. The first kappa shape index (κ1) is 20.7. The van der Waals surface area contributed by atoms with E-state index in [4.69, 9.17) is 9.47 Å². The number of ether oxygens (including phenoxy) is 2. The quantitative estimate of drug-likeness (QED) is 0.367. The predicted molar refractivity (Wildman–Crippen MR) is 126 cm³/mol. The predicted octanol–water partition coefficient (Wildman–Crippen LogP) is 5.67. The van der Waals surface area contributed by atoms with E-state index in [-0.39, 0.29) is 13.2 Å². The normalized spacial score (nSPS) is 13.0. The lowest BCUT2D eigenvalue weighted by Crippen LogP contribution is -2.38. The number of rotatable bonds is 6. The van der Waals surface area contributed by atoms with E-state index in [1.54, 1.807) is 48.5 Å². The van der Waals surface area contributed by atoms with Crippen LogP contribution in [-0.2, 0) is 14.9 Å². The van der Waals surface area contributed by atoms with Crippen molar-refractivity contribution in [3.05, 3.63) is 131 Å². The first-order valence-corrected chi connectivity index (χ1v) is 10.8. The van der Waals surface area contributed by atoms with Crippen molar-refractivity contribution in [2.24, 2.45) is 0 Å². The van der Waals surface area contributed by atoms with Gasteiger partial charge in [0.2, 0.25) is 0 Å². The van der Waals surface area contributed by atoms with Gasteiger partial charge in [0.1, 0.15) is 13.2 Å². The molecule has 0 spiro atoms. The van der Waals surface area contributed by atoms with Crippen LogP contribution in [0, 0.1) is 0 Å². The van der Waals surface area contributed by atoms with Crippen molar-refractivity contribution in [1.82, 2.24) is 0 Å². The largest absolute Gasteiger partial charge is 0.461 e. The van der Waals surface area contributed by atoms with Gasteiger partial charge in [-0.3, -0.25) is 0 Å². The fraction of sp³-hybridized carbons (Fsp3) is 0.103. The molecular weight excluding hydrogens is 412 g/mol. The number of fused-ring (bicyclic) bond motifs is 3. The molecule has 4 heteroatoms. The fourth-order valence-corrected chi connectivity index (χ4v) is 4.46. The molecule has 162 valence electrons. The zero-order valence-corrected chi connectivity index (χ0v) is 17.9. The Bertz CT molecular complexity index is 1190. The minimum atomic E-state index is -0.804. The van der Waals surface area contributed by atoms with Crippen molar-refractivity contribution >= 4 is 11.9 Å². The molecule has 4 nitrogen and oxygen atoms in total. The molecule has 0 amide bonds. The fourth-order valence-electron chi connectivity index (χ4n) is 4.46. The van der Waals surface area contributed by atoms with Gasteiger partial charge >= 0.3 is 11.9 Å². The summed E-state index contributed by atoms with van der Waals surface area (Å²) in [6.45, 7) is 0.105. The van der Waals surface area contributed by atoms with Gasteiger partial charge in [-0.1, -0.05) is 84.9 Å². The maximum Gasteiger partial charge on any atom is 0.338 e. The summed E-state index contributed by atoms with van der Waals surface area (Å²) in [4.78, 5) is 25.6. The van der Waals surface area contributed by atoms with E-state index in [1.807, 2.05) is 60.7 Å². The van der Waals surface area contributed by atoms with E-state index < -0.39 is 17.4 Å². The lowest BCUT2D eigenvalue weighted by atomic mass is 9.79. The van der Waals surface area contributed by atoms with Crippen LogP contribution in [0.2, 0.25) is 0 Å². The highest BCUT2D eigenvalue weighted by Gasteiger charge is 2.45. The summed E-state index contributed by atoms with van der Waals surface area (Å²) in [6, 6.07) is 33.8. The molecule has 1 aliphatic carbocycles. The molecule has 0 N–H and O–H groups in total. The van der Waals surface area contributed by atoms with E-state index in [9.17, 15) is 9.59 Å². The second-order valence-electron chi connectivity index (χ2n) is 8.06. The number of benzene rings is 4. The molecule has 0 fully saturated rings. The number of esters is 2. The van der Waals surface area contributed by atoms with E-state index in [2.05, 4.69) is 0 Å². The highest BCUT2D eigenvalue weighted by atomic mass is 16.5. The van der Waals surface area contributed by atoms with E-state index in [0.29, 0.717) is 11.1 Å². The number of hydrogen-bond acceptors (Lipinski definition) is 4. The van der Waals surface area contributed by atoms with Crippen molar-refractivity contribution in [2.75, 3.05) is 13.2 Å². The molecule has 4 aromatic carbocycles. The Hall–Kier alpha value is -4.18. The lowest BCUT2D eigenvalue weighted by molar-refractivity contribution is 0.0247. The number of hydrogen-bond donors (Lipinski definition) is 0. The van der Waals surface area contributed by atoms with Crippen LogP contribution in [0.5, 0.6) is 0 Å². The Morgan fingerprint density at radius 1 is 0.515 bits per heavy atom. The molecule has 0 atom stereocenters. The van der Waals surface area contributed by atoms with Gasteiger partial charge in [0.15, 0.2) is 0 Å². The molecule has 0 saturated heterocycles. The van der Waals surface area contributed by atoms with Gasteiger partial charge in [0.25, 0.3) is 0 Å². The van der Waals surface area contributed by atoms with E-state index in [1.165, 1.54) is 0 Å². The van der Waals surface area contributed by atoms with Crippen LogP contribution in [0.25, 0.3) is 11.1 Å². The molecule has 0 saturated carbocycles. The van der Waals surface area contributed by atoms with Crippen LogP contribution in [0.3, 0.4) is 0 Å². The summed E-state index contributed by atoms with van der Waals surface area (Å²) in [5.41, 5.74) is 4.23. The second kappa shape index (κ2) is 8.75. The summed E-state index contributed by atoms with van der Waals surface area (Å²) in [7, 11) is 0. The average molecular weight is 434 g/mol. The lowest BCUT2D eigenvalue weighted by Gasteiger charge is -2.31. The second-order valence-corrected chi connectivity index (χ2v) is 8.06. The Morgan fingerprint density at radius 3 is 1.30 bits per heavy atom.